The second-order valence-corrected chi connectivity index (χ2v) is 7.19. The fraction of sp³-hybridized carbons (Fsp3) is 0.474. The Hall–Kier alpha value is -2.09. The zero-order valence-corrected chi connectivity index (χ0v) is 16.3. The van der Waals surface area contributed by atoms with E-state index >= 15 is 0 Å². The minimum Gasteiger partial charge on any atom is -0.495 e. The normalized spacial score (nSPS) is 18.7. The van der Waals surface area contributed by atoms with Gasteiger partial charge in [0.15, 0.2) is 5.79 Å². The van der Waals surface area contributed by atoms with Gasteiger partial charge in [0, 0.05) is 43.1 Å². The van der Waals surface area contributed by atoms with Gasteiger partial charge in [0.2, 0.25) is 0 Å². The van der Waals surface area contributed by atoms with E-state index in [1.165, 1.54) is 0 Å². The highest BCUT2D eigenvalue weighted by Crippen LogP contribution is 2.35. The topological polar surface area (TPSA) is 68.7 Å². The summed E-state index contributed by atoms with van der Waals surface area (Å²) in [7, 11) is 1.62. The van der Waals surface area contributed by atoms with E-state index in [0.717, 1.165) is 43.0 Å². The summed E-state index contributed by atoms with van der Waals surface area (Å²) in [6.07, 6.45) is 3.24. The van der Waals surface area contributed by atoms with E-state index in [0.29, 0.717) is 29.8 Å². The number of anilines is 3. The molecular weight excluding hydrogens is 368 g/mol. The molecular formula is C19H23ClN4O3. The van der Waals surface area contributed by atoms with E-state index in [9.17, 15) is 0 Å². The molecule has 2 aliphatic heterocycles. The summed E-state index contributed by atoms with van der Waals surface area (Å²) >= 11 is 6.19. The van der Waals surface area contributed by atoms with Gasteiger partial charge in [-0.3, -0.25) is 0 Å². The third-order valence-electron chi connectivity index (χ3n) is 5.06. The second-order valence-electron chi connectivity index (χ2n) is 6.78. The number of aryl methyl sites for hydroxylation is 1. The monoisotopic (exact) mass is 390 g/mol. The summed E-state index contributed by atoms with van der Waals surface area (Å²) in [5.74, 6) is 1.86. The van der Waals surface area contributed by atoms with E-state index in [4.69, 9.17) is 25.8 Å². The van der Waals surface area contributed by atoms with Crippen LogP contribution in [-0.4, -0.2) is 49.2 Å². The van der Waals surface area contributed by atoms with Crippen molar-refractivity contribution < 1.29 is 14.2 Å². The van der Waals surface area contributed by atoms with Crippen molar-refractivity contribution in [2.24, 2.45) is 0 Å². The molecule has 7 nitrogen and oxygen atoms in total. The summed E-state index contributed by atoms with van der Waals surface area (Å²) in [5.41, 5.74) is 1.78. The lowest BCUT2D eigenvalue weighted by molar-refractivity contribution is -0.169. The molecule has 2 aromatic rings. The van der Waals surface area contributed by atoms with Crippen molar-refractivity contribution in [3.8, 4) is 5.75 Å². The van der Waals surface area contributed by atoms with Crippen molar-refractivity contribution >= 4 is 28.9 Å². The zero-order chi connectivity index (χ0) is 18.9. The molecule has 0 bridgehead atoms. The molecule has 8 heteroatoms. The van der Waals surface area contributed by atoms with Gasteiger partial charge < -0.3 is 24.4 Å². The molecule has 1 spiro atoms. The maximum atomic E-state index is 6.19. The SMILES string of the molecule is COc1cc(Cl)c(C)cc1Nc1cc(N2CCC3(CC2)OCCO3)ncn1. The first kappa shape index (κ1) is 18.3. The van der Waals surface area contributed by atoms with Gasteiger partial charge in [-0.15, -0.1) is 0 Å². The number of rotatable bonds is 4. The van der Waals surface area contributed by atoms with Crippen LogP contribution in [-0.2, 0) is 9.47 Å². The van der Waals surface area contributed by atoms with E-state index in [1.54, 1.807) is 19.5 Å². The number of aromatic nitrogens is 2. The van der Waals surface area contributed by atoms with Crippen molar-refractivity contribution in [2.45, 2.75) is 25.6 Å². The molecule has 144 valence electrons. The molecule has 0 saturated carbocycles. The standard InChI is InChI=1S/C19H23ClN4O3/c1-13-9-15(16(25-2)10-14(13)20)23-17-11-18(22-12-21-17)24-5-3-19(4-6-24)26-7-8-27-19/h9-12H,3-8H2,1-2H3,(H,21,22,23). The van der Waals surface area contributed by atoms with Gasteiger partial charge in [0.05, 0.1) is 26.0 Å². The highest BCUT2D eigenvalue weighted by molar-refractivity contribution is 6.31. The van der Waals surface area contributed by atoms with Crippen LogP contribution >= 0.6 is 11.6 Å². The number of methoxy groups -OCH3 is 1. The highest BCUT2D eigenvalue weighted by Gasteiger charge is 2.40. The van der Waals surface area contributed by atoms with Crippen molar-refractivity contribution in [3.05, 3.63) is 35.1 Å². The van der Waals surface area contributed by atoms with Crippen LogP contribution in [0, 0.1) is 6.92 Å². The van der Waals surface area contributed by atoms with Crippen LogP contribution in [0.2, 0.25) is 5.02 Å². The van der Waals surface area contributed by atoms with Crippen LogP contribution in [0.15, 0.2) is 24.5 Å². The molecule has 1 N–H and O–H groups in total. The fourth-order valence-electron chi connectivity index (χ4n) is 3.52. The Bertz CT molecular complexity index is 817. The Morgan fingerprint density at radius 1 is 1.15 bits per heavy atom. The predicted octanol–water partition coefficient (Wildman–Crippen LogP) is 3.53. The Labute approximate surface area is 163 Å². The largest absolute Gasteiger partial charge is 0.495 e. The Kier molecular flexibility index (Phi) is 5.08. The molecule has 0 atom stereocenters. The number of piperidine rings is 1. The third-order valence-corrected chi connectivity index (χ3v) is 5.47. The van der Waals surface area contributed by atoms with Gasteiger partial charge in [-0.25, -0.2) is 9.97 Å². The van der Waals surface area contributed by atoms with Crippen LogP contribution in [0.4, 0.5) is 17.3 Å². The number of nitrogens with zero attached hydrogens (tertiary/aromatic N) is 3. The lowest BCUT2D eigenvalue weighted by Gasteiger charge is -2.38. The number of benzene rings is 1. The average Bonchev–Trinajstić information content (AvgIpc) is 3.13. The maximum absolute atomic E-state index is 6.19. The molecule has 0 unspecified atom stereocenters. The molecule has 1 aromatic carbocycles. The van der Waals surface area contributed by atoms with Crippen LogP contribution in [0.5, 0.6) is 5.75 Å². The minimum absolute atomic E-state index is 0.390. The fourth-order valence-corrected chi connectivity index (χ4v) is 3.67. The number of ether oxygens (including phenoxy) is 3. The summed E-state index contributed by atoms with van der Waals surface area (Å²) < 4.78 is 17.0. The third kappa shape index (κ3) is 3.81. The Morgan fingerprint density at radius 2 is 1.89 bits per heavy atom. The van der Waals surface area contributed by atoms with Crippen LogP contribution < -0.4 is 15.0 Å². The maximum Gasteiger partial charge on any atom is 0.171 e. The van der Waals surface area contributed by atoms with Gasteiger partial charge in [-0.2, -0.15) is 0 Å². The minimum atomic E-state index is -0.390. The van der Waals surface area contributed by atoms with E-state index in [1.807, 2.05) is 19.1 Å². The quantitative estimate of drug-likeness (QED) is 0.856. The van der Waals surface area contributed by atoms with Gasteiger partial charge in [-0.1, -0.05) is 11.6 Å². The van der Waals surface area contributed by atoms with Gasteiger partial charge in [-0.05, 0) is 18.6 Å². The van der Waals surface area contributed by atoms with Crippen LogP contribution in [0.25, 0.3) is 0 Å². The predicted molar refractivity (Wildman–Crippen MR) is 104 cm³/mol. The molecule has 3 heterocycles. The molecule has 2 fully saturated rings. The summed E-state index contributed by atoms with van der Waals surface area (Å²) in [6.45, 7) is 4.99. The molecule has 27 heavy (non-hydrogen) atoms. The molecule has 1 aromatic heterocycles. The van der Waals surface area contributed by atoms with Gasteiger partial charge in [0.25, 0.3) is 0 Å². The molecule has 0 radical (unpaired) electrons. The molecule has 0 aliphatic carbocycles. The molecule has 2 aliphatic rings. The van der Waals surface area contributed by atoms with Crippen LogP contribution in [0.1, 0.15) is 18.4 Å². The smallest absolute Gasteiger partial charge is 0.171 e. The molecule has 0 amide bonds. The highest BCUT2D eigenvalue weighted by atomic mass is 35.5. The number of nitrogens with one attached hydrogen (secondary N) is 1. The van der Waals surface area contributed by atoms with Gasteiger partial charge >= 0.3 is 0 Å². The van der Waals surface area contributed by atoms with E-state index < -0.39 is 5.79 Å². The first-order valence-corrected chi connectivity index (χ1v) is 9.42. The van der Waals surface area contributed by atoms with E-state index in [-0.39, 0.29) is 0 Å². The molecule has 4 rings (SSSR count). The number of hydrogen-bond acceptors (Lipinski definition) is 7. The van der Waals surface area contributed by atoms with Gasteiger partial charge in [0.1, 0.15) is 23.7 Å². The van der Waals surface area contributed by atoms with Crippen molar-refractivity contribution in [3.63, 3.8) is 0 Å². The summed E-state index contributed by atoms with van der Waals surface area (Å²) in [4.78, 5) is 11.0. The first-order valence-electron chi connectivity index (χ1n) is 9.05. The Balaban J connectivity index is 1.49. The van der Waals surface area contributed by atoms with Crippen molar-refractivity contribution in [1.82, 2.24) is 9.97 Å². The van der Waals surface area contributed by atoms with Crippen LogP contribution in [0.3, 0.4) is 0 Å². The second kappa shape index (κ2) is 7.50. The number of halogens is 1. The van der Waals surface area contributed by atoms with Crippen molar-refractivity contribution in [2.75, 3.05) is 43.6 Å². The Morgan fingerprint density at radius 3 is 2.59 bits per heavy atom. The lowest BCUT2D eigenvalue weighted by Crippen LogP contribution is -2.45. The number of hydrogen-bond donors (Lipinski definition) is 1. The average molecular weight is 391 g/mol. The first-order chi connectivity index (χ1) is 13.1. The summed E-state index contributed by atoms with van der Waals surface area (Å²) in [5, 5.41) is 3.97. The molecule has 2 saturated heterocycles. The van der Waals surface area contributed by atoms with E-state index in [2.05, 4.69) is 20.2 Å². The van der Waals surface area contributed by atoms with Crippen molar-refractivity contribution in [1.29, 1.82) is 0 Å². The lowest BCUT2D eigenvalue weighted by atomic mass is 10.0. The zero-order valence-electron chi connectivity index (χ0n) is 15.5. The summed E-state index contributed by atoms with van der Waals surface area (Å²) in [6, 6.07) is 5.69.